The molecular weight excluding hydrogens is 290 g/mol. The van der Waals surface area contributed by atoms with E-state index in [0.717, 1.165) is 24.2 Å². The number of allylic oxidation sites excluding steroid dienone is 3. The molecule has 1 aromatic rings. The number of rotatable bonds is 3. The fraction of sp³-hybridized carbons (Fsp3) is 0.333. The van der Waals surface area contributed by atoms with Crippen LogP contribution in [0.3, 0.4) is 0 Å². The van der Waals surface area contributed by atoms with Crippen LogP contribution in [0.1, 0.15) is 32.3 Å². The molecule has 0 saturated heterocycles. The Balaban J connectivity index is 1.96. The van der Waals surface area contributed by atoms with E-state index in [9.17, 15) is 0 Å². The molecule has 3 nitrogen and oxygen atoms in total. The zero-order valence-electron chi connectivity index (χ0n) is 13.4. The maximum atomic E-state index is 5.29. The van der Waals surface area contributed by atoms with Crippen LogP contribution in [-0.4, -0.2) is 10.8 Å². The van der Waals surface area contributed by atoms with Crippen molar-refractivity contribution in [3.05, 3.63) is 53.6 Å². The summed E-state index contributed by atoms with van der Waals surface area (Å²) in [7, 11) is 0. The van der Waals surface area contributed by atoms with Gasteiger partial charge in [-0.05, 0) is 69.5 Å². The summed E-state index contributed by atoms with van der Waals surface area (Å²) in [6, 6.07) is 8.09. The van der Waals surface area contributed by atoms with Gasteiger partial charge in [-0.2, -0.15) is 5.10 Å². The number of nitrogens with one attached hydrogen (secondary N) is 2. The maximum Gasteiger partial charge on any atom is 0.191 e. The Hall–Kier alpha value is -1.94. The molecule has 0 saturated carbocycles. The number of thiocarbonyl (C=S) groups is 1. The summed E-state index contributed by atoms with van der Waals surface area (Å²) in [5.41, 5.74) is 8.59. The second kappa shape index (κ2) is 7.36. The molecule has 4 heteroatoms. The average Bonchev–Trinajstić information content (AvgIpc) is 2.48. The van der Waals surface area contributed by atoms with Gasteiger partial charge in [0.15, 0.2) is 5.11 Å². The van der Waals surface area contributed by atoms with Gasteiger partial charge in [-0.25, -0.2) is 0 Å². The molecule has 0 unspecified atom stereocenters. The summed E-state index contributed by atoms with van der Waals surface area (Å²) >= 11 is 5.29. The molecule has 1 atom stereocenters. The fourth-order valence-electron chi connectivity index (χ4n) is 2.34. The van der Waals surface area contributed by atoms with Gasteiger partial charge in [0.25, 0.3) is 0 Å². The van der Waals surface area contributed by atoms with Crippen molar-refractivity contribution in [2.24, 2.45) is 11.0 Å². The van der Waals surface area contributed by atoms with Crippen molar-refractivity contribution < 1.29 is 0 Å². The van der Waals surface area contributed by atoms with Gasteiger partial charge in [-0.3, -0.25) is 5.43 Å². The molecule has 116 valence electrons. The van der Waals surface area contributed by atoms with Crippen LogP contribution in [0.5, 0.6) is 0 Å². The quantitative estimate of drug-likeness (QED) is 0.487. The van der Waals surface area contributed by atoms with E-state index in [0.29, 0.717) is 11.0 Å². The van der Waals surface area contributed by atoms with Crippen molar-refractivity contribution >= 4 is 28.7 Å². The minimum atomic E-state index is 0.475. The standard InChI is InChI=1S/C18H23N3S/c1-12(2)15-8-7-14(4)17(11-15)20-21-18(22)19-16-9-5-13(3)6-10-16/h5-7,9-10,15H,1,8,11H2,2-4H3,(H2,19,21,22)/t15-/m0/s1. The molecule has 0 radical (unpaired) electrons. The summed E-state index contributed by atoms with van der Waals surface area (Å²) in [5, 5.41) is 8.10. The summed E-state index contributed by atoms with van der Waals surface area (Å²) in [4.78, 5) is 0. The highest BCUT2D eigenvalue weighted by Crippen LogP contribution is 2.26. The third kappa shape index (κ3) is 4.53. The lowest BCUT2D eigenvalue weighted by atomic mass is 9.85. The number of hydrogen-bond donors (Lipinski definition) is 2. The molecular formula is C18H23N3S. The average molecular weight is 313 g/mol. The zero-order chi connectivity index (χ0) is 16.1. The van der Waals surface area contributed by atoms with Gasteiger partial charge in [0, 0.05) is 5.69 Å². The SMILES string of the molecule is C=C(C)[C@H]1CC=C(C)C(=NNC(=S)Nc2ccc(C)cc2)C1. The van der Waals surface area contributed by atoms with Crippen molar-refractivity contribution in [2.75, 3.05) is 5.32 Å². The van der Waals surface area contributed by atoms with E-state index in [1.807, 2.05) is 24.3 Å². The molecule has 0 heterocycles. The lowest BCUT2D eigenvalue weighted by Gasteiger charge is -2.22. The lowest BCUT2D eigenvalue weighted by Crippen LogP contribution is -2.26. The zero-order valence-corrected chi connectivity index (χ0v) is 14.3. The number of nitrogens with zero attached hydrogens (tertiary/aromatic N) is 1. The highest BCUT2D eigenvalue weighted by Gasteiger charge is 2.18. The molecule has 0 aliphatic heterocycles. The smallest absolute Gasteiger partial charge is 0.191 e. The highest BCUT2D eigenvalue weighted by atomic mass is 32.1. The first kappa shape index (κ1) is 16.4. The summed E-state index contributed by atoms with van der Waals surface area (Å²) < 4.78 is 0. The fourth-order valence-corrected chi connectivity index (χ4v) is 2.50. The highest BCUT2D eigenvalue weighted by molar-refractivity contribution is 7.80. The van der Waals surface area contributed by atoms with Gasteiger partial charge in [0.1, 0.15) is 0 Å². The van der Waals surface area contributed by atoms with E-state index in [1.54, 1.807) is 0 Å². The molecule has 0 fully saturated rings. The van der Waals surface area contributed by atoms with Crippen LogP contribution < -0.4 is 10.7 Å². The van der Waals surface area contributed by atoms with Crippen molar-refractivity contribution in [1.82, 2.24) is 5.43 Å². The summed E-state index contributed by atoms with van der Waals surface area (Å²) in [5.74, 6) is 0.475. The topological polar surface area (TPSA) is 36.4 Å². The summed E-state index contributed by atoms with van der Waals surface area (Å²) in [6.07, 6.45) is 4.18. The van der Waals surface area contributed by atoms with Gasteiger partial charge in [-0.15, -0.1) is 0 Å². The first-order chi connectivity index (χ1) is 10.5. The number of benzene rings is 1. The Morgan fingerprint density at radius 1 is 1.27 bits per heavy atom. The predicted molar refractivity (Wildman–Crippen MR) is 99.3 cm³/mol. The van der Waals surface area contributed by atoms with Gasteiger partial charge in [0.05, 0.1) is 5.71 Å². The van der Waals surface area contributed by atoms with E-state index >= 15 is 0 Å². The predicted octanol–water partition coefficient (Wildman–Crippen LogP) is 4.57. The first-order valence-corrected chi connectivity index (χ1v) is 7.89. The Morgan fingerprint density at radius 2 is 1.95 bits per heavy atom. The number of anilines is 1. The van der Waals surface area contributed by atoms with Crippen molar-refractivity contribution in [2.45, 2.75) is 33.6 Å². The normalized spacial score (nSPS) is 19.5. The third-order valence-electron chi connectivity index (χ3n) is 3.90. The Bertz CT molecular complexity index is 626. The number of hydrogen-bond acceptors (Lipinski definition) is 2. The van der Waals surface area contributed by atoms with Crippen LogP contribution in [0.4, 0.5) is 5.69 Å². The molecule has 2 N–H and O–H groups in total. The second-order valence-electron chi connectivity index (χ2n) is 5.86. The van der Waals surface area contributed by atoms with Crippen molar-refractivity contribution in [3.8, 4) is 0 Å². The molecule has 0 aromatic heterocycles. The Morgan fingerprint density at radius 3 is 2.59 bits per heavy atom. The first-order valence-electron chi connectivity index (χ1n) is 7.48. The molecule has 1 aliphatic rings. The Labute approximate surface area is 138 Å². The second-order valence-corrected chi connectivity index (χ2v) is 6.27. The molecule has 0 amide bonds. The minimum absolute atomic E-state index is 0.475. The molecule has 0 bridgehead atoms. The van der Waals surface area contributed by atoms with Crippen molar-refractivity contribution in [3.63, 3.8) is 0 Å². The lowest BCUT2D eigenvalue weighted by molar-refractivity contribution is 0.637. The number of aryl methyl sites for hydroxylation is 1. The van der Waals surface area contributed by atoms with E-state index in [-0.39, 0.29) is 0 Å². The maximum absolute atomic E-state index is 5.29. The van der Waals surface area contributed by atoms with Gasteiger partial charge in [0.2, 0.25) is 0 Å². The summed E-state index contributed by atoms with van der Waals surface area (Å²) in [6.45, 7) is 10.3. The van der Waals surface area contributed by atoms with Crippen LogP contribution >= 0.6 is 12.2 Å². The minimum Gasteiger partial charge on any atom is -0.331 e. The van der Waals surface area contributed by atoms with Crippen molar-refractivity contribution in [1.29, 1.82) is 0 Å². The molecule has 1 aromatic carbocycles. The van der Waals surface area contributed by atoms with Gasteiger partial charge in [-0.1, -0.05) is 35.9 Å². The van der Waals surface area contributed by atoms with E-state index in [2.05, 4.69) is 49.3 Å². The van der Waals surface area contributed by atoms with Gasteiger partial charge < -0.3 is 5.32 Å². The third-order valence-corrected chi connectivity index (χ3v) is 4.10. The molecule has 2 rings (SSSR count). The Kier molecular flexibility index (Phi) is 5.50. The van der Waals surface area contributed by atoms with E-state index in [1.165, 1.54) is 16.7 Å². The molecule has 0 spiro atoms. The monoisotopic (exact) mass is 313 g/mol. The van der Waals surface area contributed by atoms with Crippen LogP contribution in [0.15, 0.2) is 53.2 Å². The number of hydrazone groups is 1. The molecule has 22 heavy (non-hydrogen) atoms. The van der Waals surface area contributed by atoms with Crippen LogP contribution in [0.25, 0.3) is 0 Å². The van der Waals surface area contributed by atoms with E-state index < -0.39 is 0 Å². The van der Waals surface area contributed by atoms with Crippen LogP contribution in [-0.2, 0) is 0 Å². The molecule has 1 aliphatic carbocycles. The van der Waals surface area contributed by atoms with E-state index in [4.69, 9.17) is 12.2 Å². The van der Waals surface area contributed by atoms with Crippen LogP contribution in [0.2, 0.25) is 0 Å². The largest absolute Gasteiger partial charge is 0.331 e. The van der Waals surface area contributed by atoms with Gasteiger partial charge >= 0.3 is 0 Å². The van der Waals surface area contributed by atoms with Crippen LogP contribution in [0, 0.1) is 12.8 Å².